The highest BCUT2D eigenvalue weighted by Gasteiger charge is 2.30. The number of halogens is 2. The Morgan fingerprint density at radius 3 is 2.21 bits per heavy atom. The Morgan fingerprint density at radius 2 is 1.64 bits per heavy atom. The predicted molar refractivity (Wildman–Crippen MR) is 158 cm³/mol. The van der Waals surface area contributed by atoms with Gasteiger partial charge in [-0.2, -0.15) is 0 Å². The number of ether oxygens (including phenoxy) is 1. The lowest BCUT2D eigenvalue weighted by Crippen LogP contribution is -2.50. The average Bonchev–Trinajstić information content (AvgIpc) is 2.88. The Kier molecular flexibility index (Phi) is 12.9. The van der Waals surface area contributed by atoms with Crippen molar-refractivity contribution >= 4 is 50.7 Å². The van der Waals surface area contributed by atoms with Gasteiger partial charge in [0, 0.05) is 41.2 Å². The van der Waals surface area contributed by atoms with Gasteiger partial charge in [0.1, 0.15) is 11.8 Å². The second-order valence-corrected chi connectivity index (χ2v) is 12.0. The minimum Gasteiger partial charge on any atom is -0.492 e. The molecule has 0 aliphatic carbocycles. The normalized spacial score (nSPS) is 12.9. The highest BCUT2D eigenvalue weighted by atomic mass is 35.5. The van der Waals surface area contributed by atoms with Crippen LogP contribution in [0.4, 0.5) is 5.69 Å². The fraction of sp³-hybridized carbons (Fsp3) is 0.500. The molecule has 0 spiro atoms. The van der Waals surface area contributed by atoms with Gasteiger partial charge >= 0.3 is 0 Å². The quantitative estimate of drug-likeness (QED) is 0.285. The number of para-hydroxylation sites is 2. The number of carbonyl (C=O) groups excluding carboxylic acids is 2. The molecule has 0 heterocycles. The number of amides is 2. The Morgan fingerprint density at radius 1 is 1.00 bits per heavy atom. The van der Waals surface area contributed by atoms with Crippen molar-refractivity contribution in [2.45, 2.75) is 72.0 Å². The van der Waals surface area contributed by atoms with Gasteiger partial charge in [-0.05, 0) is 57.4 Å². The van der Waals surface area contributed by atoms with Crippen molar-refractivity contribution < 1.29 is 22.7 Å². The fourth-order valence-electron chi connectivity index (χ4n) is 4.14. The fourth-order valence-corrected chi connectivity index (χ4v) is 5.62. The van der Waals surface area contributed by atoms with E-state index in [9.17, 15) is 18.0 Å². The summed E-state index contributed by atoms with van der Waals surface area (Å²) in [7, 11) is -3.66. The minimum atomic E-state index is -3.66. The first kappa shape index (κ1) is 32.7. The van der Waals surface area contributed by atoms with Gasteiger partial charge in [0.15, 0.2) is 0 Å². The molecule has 0 aliphatic rings. The van der Waals surface area contributed by atoms with Gasteiger partial charge in [0.05, 0.1) is 18.6 Å². The van der Waals surface area contributed by atoms with Gasteiger partial charge in [-0.3, -0.25) is 13.9 Å². The second-order valence-electron chi connectivity index (χ2n) is 9.30. The summed E-state index contributed by atoms with van der Waals surface area (Å²) in [6, 6.07) is 11.2. The predicted octanol–water partition coefficient (Wildman–Crippen LogP) is 5.66. The molecule has 1 N–H and O–H groups in total. The van der Waals surface area contributed by atoms with E-state index in [0.717, 1.165) is 12.7 Å². The van der Waals surface area contributed by atoms with Gasteiger partial charge in [-0.1, -0.05) is 55.2 Å². The van der Waals surface area contributed by atoms with Crippen molar-refractivity contribution in [3.63, 3.8) is 0 Å². The molecule has 2 atom stereocenters. The third-order valence-corrected chi connectivity index (χ3v) is 8.25. The van der Waals surface area contributed by atoms with E-state index in [1.165, 1.54) is 9.21 Å². The number of benzene rings is 2. The summed E-state index contributed by atoms with van der Waals surface area (Å²) < 4.78 is 32.2. The molecule has 0 radical (unpaired) electrons. The summed E-state index contributed by atoms with van der Waals surface area (Å²) in [6.07, 6.45) is 2.49. The number of hydrogen-bond donors (Lipinski definition) is 1. The molecule has 2 rings (SSSR count). The SMILES string of the molecule is CCOc1ccccc1N(CCCC(=O)N(Cc1c(Cl)cccc1Cl)[C@@H](CC)C(=O)N[C@H](C)CC)S(C)(=O)=O. The number of rotatable bonds is 15. The van der Waals surface area contributed by atoms with E-state index in [1.807, 2.05) is 27.7 Å². The standard InChI is InChI=1S/C28H39Cl2N3O5S/c1-6-20(4)31-28(35)24(7-2)32(19-21-22(29)13-11-14-23(21)30)27(34)17-12-18-33(39(5,36)37)25-15-9-10-16-26(25)38-8-3/h9-11,13-16,20,24H,6-8,12,17-19H2,1-5H3,(H,31,35)/t20-,24+/m1/s1. The van der Waals surface area contributed by atoms with E-state index in [1.54, 1.807) is 42.5 Å². The molecule has 0 saturated carbocycles. The maximum absolute atomic E-state index is 13.6. The molecule has 2 aromatic rings. The van der Waals surface area contributed by atoms with Crippen molar-refractivity contribution in [2.75, 3.05) is 23.7 Å². The molecule has 216 valence electrons. The molecule has 0 aliphatic heterocycles. The van der Waals surface area contributed by atoms with E-state index in [-0.39, 0.29) is 43.8 Å². The number of nitrogens with one attached hydrogen (secondary N) is 1. The van der Waals surface area contributed by atoms with Crippen molar-refractivity contribution in [3.8, 4) is 5.75 Å². The Bertz CT molecular complexity index is 1210. The lowest BCUT2D eigenvalue weighted by molar-refractivity contribution is -0.141. The van der Waals surface area contributed by atoms with E-state index in [0.29, 0.717) is 40.1 Å². The molecule has 11 heteroatoms. The van der Waals surface area contributed by atoms with Crippen LogP contribution in [0.5, 0.6) is 5.75 Å². The van der Waals surface area contributed by atoms with Crippen LogP contribution in [-0.2, 0) is 26.2 Å². The molecular weight excluding hydrogens is 561 g/mol. The summed E-state index contributed by atoms with van der Waals surface area (Å²) in [5.41, 5.74) is 0.959. The average molecular weight is 601 g/mol. The highest BCUT2D eigenvalue weighted by Crippen LogP contribution is 2.31. The monoisotopic (exact) mass is 599 g/mol. The molecule has 0 bridgehead atoms. The molecule has 0 aromatic heterocycles. The number of hydrogen-bond acceptors (Lipinski definition) is 5. The first-order chi connectivity index (χ1) is 18.4. The van der Waals surface area contributed by atoms with E-state index in [2.05, 4.69) is 5.32 Å². The Labute approximate surface area is 242 Å². The number of anilines is 1. The van der Waals surface area contributed by atoms with E-state index in [4.69, 9.17) is 27.9 Å². The Hall–Kier alpha value is -2.49. The van der Waals surface area contributed by atoms with Crippen LogP contribution >= 0.6 is 23.2 Å². The van der Waals surface area contributed by atoms with Crippen LogP contribution in [0.2, 0.25) is 10.0 Å². The zero-order chi connectivity index (χ0) is 29.2. The van der Waals surface area contributed by atoms with Gasteiger partial charge in [0.25, 0.3) is 0 Å². The summed E-state index contributed by atoms with van der Waals surface area (Å²) in [5.74, 6) is -0.116. The largest absolute Gasteiger partial charge is 0.492 e. The first-order valence-corrected chi connectivity index (χ1v) is 15.8. The van der Waals surface area contributed by atoms with Crippen LogP contribution in [0.25, 0.3) is 0 Å². The lowest BCUT2D eigenvalue weighted by Gasteiger charge is -2.32. The summed E-state index contributed by atoms with van der Waals surface area (Å²) in [6.45, 7) is 8.02. The smallest absolute Gasteiger partial charge is 0.243 e. The molecule has 2 aromatic carbocycles. The summed E-state index contributed by atoms with van der Waals surface area (Å²) in [4.78, 5) is 28.3. The molecule has 39 heavy (non-hydrogen) atoms. The maximum atomic E-state index is 13.6. The van der Waals surface area contributed by atoms with E-state index < -0.39 is 16.1 Å². The van der Waals surface area contributed by atoms with Crippen LogP contribution in [0.1, 0.15) is 58.9 Å². The minimum absolute atomic E-state index is 0.0119. The highest BCUT2D eigenvalue weighted by molar-refractivity contribution is 7.92. The van der Waals surface area contributed by atoms with Crippen LogP contribution in [0, 0.1) is 0 Å². The van der Waals surface area contributed by atoms with Crippen molar-refractivity contribution in [2.24, 2.45) is 0 Å². The topological polar surface area (TPSA) is 96.0 Å². The molecule has 2 amide bonds. The van der Waals surface area contributed by atoms with Gasteiger partial charge in [-0.15, -0.1) is 0 Å². The van der Waals surface area contributed by atoms with Crippen molar-refractivity contribution in [1.29, 1.82) is 0 Å². The van der Waals surface area contributed by atoms with Crippen LogP contribution in [-0.4, -0.2) is 56.6 Å². The van der Waals surface area contributed by atoms with Crippen LogP contribution < -0.4 is 14.4 Å². The molecule has 0 unspecified atom stereocenters. The Balaban J connectivity index is 2.31. The van der Waals surface area contributed by atoms with Crippen molar-refractivity contribution in [1.82, 2.24) is 10.2 Å². The summed E-state index contributed by atoms with van der Waals surface area (Å²) >= 11 is 12.8. The van der Waals surface area contributed by atoms with Crippen molar-refractivity contribution in [3.05, 3.63) is 58.1 Å². The van der Waals surface area contributed by atoms with E-state index >= 15 is 0 Å². The second kappa shape index (κ2) is 15.3. The van der Waals surface area contributed by atoms with Gasteiger partial charge in [0.2, 0.25) is 21.8 Å². The molecule has 0 saturated heterocycles. The molecule has 0 fully saturated rings. The van der Waals surface area contributed by atoms with Crippen LogP contribution in [0.3, 0.4) is 0 Å². The number of nitrogens with zero attached hydrogens (tertiary/aromatic N) is 2. The molecule has 8 nitrogen and oxygen atoms in total. The third kappa shape index (κ3) is 9.29. The van der Waals surface area contributed by atoms with Crippen LogP contribution in [0.15, 0.2) is 42.5 Å². The zero-order valence-electron chi connectivity index (χ0n) is 23.2. The zero-order valence-corrected chi connectivity index (χ0v) is 25.6. The number of sulfonamides is 1. The third-order valence-electron chi connectivity index (χ3n) is 6.36. The maximum Gasteiger partial charge on any atom is 0.243 e. The first-order valence-electron chi connectivity index (χ1n) is 13.2. The molecular formula is C28H39Cl2N3O5S. The van der Waals surface area contributed by atoms with Gasteiger partial charge in [-0.25, -0.2) is 8.42 Å². The number of carbonyl (C=O) groups is 2. The van der Waals surface area contributed by atoms with Gasteiger partial charge < -0.3 is 15.0 Å². The lowest BCUT2D eigenvalue weighted by atomic mass is 10.1. The summed E-state index contributed by atoms with van der Waals surface area (Å²) in [5, 5.41) is 3.76.